The Bertz CT molecular complexity index is 552. The number of hydrogen-bond donors (Lipinski definition) is 0. The van der Waals surface area contributed by atoms with Gasteiger partial charge in [-0.2, -0.15) is 4.73 Å². The molecule has 2 aromatic rings. The largest absolute Gasteiger partial charge is 0.618 e. The summed E-state index contributed by atoms with van der Waals surface area (Å²) in [7, 11) is 0. The zero-order chi connectivity index (χ0) is 11.0. The van der Waals surface area contributed by atoms with Gasteiger partial charge in [-0.1, -0.05) is 6.07 Å². The average Bonchev–Trinajstić information content (AvgIpc) is 2.18. The van der Waals surface area contributed by atoms with Crippen LogP contribution in [0.4, 0.5) is 5.69 Å². The number of nitro benzene ring substituents is 1. The van der Waals surface area contributed by atoms with E-state index in [1.807, 2.05) is 0 Å². The van der Waals surface area contributed by atoms with Gasteiger partial charge in [0, 0.05) is 19.1 Å². The van der Waals surface area contributed by atoms with Crippen molar-refractivity contribution >= 4 is 16.5 Å². The van der Waals surface area contributed by atoms with Crippen LogP contribution in [-0.2, 0) is 0 Å². The van der Waals surface area contributed by atoms with Gasteiger partial charge in [0.15, 0.2) is 11.9 Å². The van der Waals surface area contributed by atoms with Crippen LogP contribution >= 0.6 is 0 Å². The highest BCUT2D eigenvalue weighted by Crippen LogP contribution is 2.24. The second-order valence-electron chi connectivity index (χ2n) is 3.28. The lowest BCUT2D eigenvalue weighted by Gasteiger charge is -2.02. The third kappa shape index (κ3) is 1.48. The number of nitrogens with zero attached hydrogens (tertiary/aromatic N) is 2. The van der Waals surface area contributed by atoms with Crippen molar-refractivity contribution in [2.24, 2.45) is 0 Å². The van der Waals surface area contributed by atoms with Gasteiger partial charge >= 0.3 is 0 Å². The maximum Gasteiger partial charge on any atom is 0.277 e. The lowest BCUT2D eigenvalue weighted by molar-refractivity contribution is -0.610. The van der Waals surface area contributed by atoms with Crippen LogP contribution in [0.1, 0.15) is 5.69 Å². The number of rotatable bonds is 1. The third-order valence-corrected chi connectivity index (χ3v) is 2.27. The summed E-state index contributed by atoms with van der Waals surface area (Å²) >= 11 is 0. The first-order valence-electron chi connectivity index (χ1n) is 4.36. The molecule has 0 saturated carbocycles. The van der Waals surface area contributed by atoms with Gasteiger partial charge in [-0.05, 0) is 6.07 Å². The maximum atomic E-state index is 11.3. The molecule has 15 heavy (non-hydrogen) atoms. The molecule has 0 aliphatic rings. The molecule has 1 aromatic carbocycles. The molecule has 1 aromatic heterocycles. The van der Waals surface area contributed by atoms with Crippen LogP contribution < -0.4 is 4.73 Å². The number of aromatic nitrogens is 1. The summed E-state index contributed by atoms with van der Waals surface area (Å²) in [5.41, 5.74) is 0.466. The number of nitro groups is 1. The molecule has 0 radical (unpaired) electrons. The normalized spacial score (nSPS) is 10.5. The van der Waals surface area contributed by atoms with Crippen LogP contribution in [0.5, 0.6) is 0 Å². The van der Waals surface area contributed by atoms with E-state index in [0.29, 0.717) is 21.2 Å². The minimum Gasteiger partial charge on any atom is -0.618 e. The van der Waals surface area contributed by atoms with E-state index in [2.05, 4.69) is 0 Å². The highest BCUT2D eigenvalue weighted by molar-refractivity contribution is 5.89. The van der Waals surface area contributed by atoms with Crippen LogP contribution in [0.2, 0.25) is 0 Å². The average molecular weight is 204 g/mol. The fourth-order valence-corrected chi connectivity index (χ4v) is 1.50. The van der Waals surface area contributed by atoms with Gasteiger partial charge in [0.25, 0.3) is 5.69 Å². The first-order valence-corrected chi connectivity index (χ1v) is 4.36. The number of fused-ring (bicyclic) bond motifs is 1. The fraction of sp³-hybridized carbons (Fsp3) is 0.100. The molecule has 0 aliphatic carbocycles. The Morgan fingerprint density at radius 2 is 2.13 bits per heavy atom. The van der Waals surface area contributed by atoms with Gasteiger partial charge in [-0.25, -0.2) is 0 Å². The summed E-state index contributed by atoms with van der Waals surface area (Å²) < 4.78 is 0.700. The van der Waals surface area contributed by atoms with Crippen molar-refractivity contribution in [3.05, 3.63) is 51.5 Å². The standard InChI is InChI=1S/C10H8N2O3/c1-7-5-9-8(6-11(7)13)3-2-4-10(9)12(14)15/h2-6H,1H3. The van der Waals surface area contributed by atoms with Crippen molar-refractivity contribution in [1.29, 1.82) is 0 Å². The Labute approximate surface area is 85.3 Å². The van der Waals surface area contributed by atoms with E-state index in [9.17, 15) is 15.3 Å². The smallest absolute Gasteiger partial charge is 0.277 e. The molecule has 0 bridgehead atoms. The number of hydrogen-bond acceptors (Lipinski definition) is 3. The summed E-state index contributed by atoms with van der Waals surface area (Å²) in [6.07, 6.45) is 1.34. The molecular formula is C10H8N2O3. The van der Waals surface area contributed by atoms with E-state index in [-0.39, 0.29) is 5.69 Å². The van der Waals surface area contributed by atoms with E-state index in [1.54, 1.807) is 19.1 Å². The molecule has 0 spiro atoms. The monoisotopic (exact) mass is 204 g/mol. The van der Waals surface area contributed by atoms with Gasteiger partial charge < -0.3 is 5.21 Å². The SMILES string of the molecule is Cc1cc2c([N+](=O)[O-])cccc2c[n+]1[O-]. The van der Waals surface area contributed by atoms with Crippen molar-refractivity contribution in [3.8, 4) is 0 Å². The van der Waals surface area contributed by atoms with Crippen LogP contribution in [0.25, 0.3) is 10.8 Å². The van der Waals surface area contributed by atoms with Crippen molar-refractivity contribution in [2.75, 3.05) is 0 Å². The number of benzene rings is 1. The van der Waals surface area contributed by atoms with Crippen LogP contribution in [0.15, 0.2) is 30.5 Å². The highest BCUT2D eigenvalue weighted by atomic mass is 16.6. The van der Waals surface area contributed by atoms with Gasteiger partial charge in [0.2, 0.25) is 0 Å². The molecule has 0 saturated heterocycles. The molecule has 76 valence electrons. The lowest BCUT2D eigenvalue weighted by atomic mass is 10.1. The zero-order valence-electron chi connectivity index (χ0n) is 8.01. The van der Waals surface area contributed by atoms with Crippen molar-refractivity contribution in [3.63, 3.8) is 0 Å². The minimum absolute atomic E-state index is 0.0243. The van der Waals surface area contributed by atoms with Crippen molar-refractivity contribution in [1.82, 2.24) is 0 Å². The third-order valence-electron chi connectivity index (χ3n) is 2.27. The van der Waals surface area contributed by atoms with Gasteiger partial charge in [0.1, 0.15) is 0 Å². The van der Waals surface area contributed by atoms with Gasteiger partial charge in [0.05, 0.1) is 15.7 Å². The molecule has 0 unspecified atom stereocenters. The van der Waals surface area contributed by atoms with Crippen molar-refractivity contribution in [2.45, 2.75) is 6.92 Å². The molecule has 0 N–H and O–H groups in total. The predicted octanol–water partition coefficient (Wildman–Crippen LogP) is 1.69. The summed E-state index contributed by atoms with van der Waals surface area (Å²) in [5.74, 6) is 0. The van der Waals surface area contributed by atoms with E-state index in [1.165, 1.54) is 18.3 Å². The molecule has 1 heterocycles. The number of aryl methyl sites for hydroxylation is 1. The van der Waals surface area contributed by atoms with E-state index in [4.69, 9.17) is 0 Å². The Balaban J connectivity index is 2.86. The predicted molar refractivity (Wildman–Crippen MR) is 54.3 cm³/mol. The van der Waals surface area contributed by atoms with Gasteiger partial charge in [-0.3, -0.25) is 10.1 Å². The maximum absolute atomic E-state index is 11.3. The second kappa shape index (κ2) is 3.20. The molecular weight excluding hydrogens is 196 g/mol. The Morgan fingerprint density at radius 1 is 1.40 bits per heavy atom. The quantitative estimate of drug-likeness (QED) is 0.307. The van der Waals surface area contributed by atoms with Gasteiger partial charge in [-0.15, -0.1) is 0 Å². The molecule has 2 rings (SSSR count). The summed E-state index contributed by atoms with van der Waals surface area (Å²) in [4.78, 5) is 10.3. The number of pyridine rings is 1. The first kappa shape index (κ1) is 9.39. The second-order valence-corrected chi connectivity index (χ2v) is 3.28. The van der Waals surface area contributed by atoms with E-state index >= 15 is 0 Å². The fourth-order valence-electron chi connectivity index (χ4n) is 1.50. The van der Waals surface area contributed by atoms with E-state index < -0.39 is 4.92 Å². The van der Waals surface area contributed by atoms with E-state index in [0.717, 1.165) is 0 Å². The van der Waals surface area contributed by atoms with Crippen LogP contribution in [0.3, 0.4) is 0 Å². The first-order chi connectivity index (χ1) is 7.09. The Hall–Kier alpha value is -2.17. The Morgan fingerprint density at radius 3 is 2.80 bits per heavy atom. The molecule has 5 heteroatoms. The lowest BCUT2D eigenvalue weighted by Crippen LogP contribution is -2.28. The Kier molecular flexibility index (Phi) is 2.00. The number of non-ortho nitro benzene ring substituents is 1. The zero-order valence-corrected chi connectivity index (χ0v) is 8.01. The molecule has 0 aliphatic heterocycles. The topological polar surface area (TPSA) is 70.1 Å². The minimum atomic E-state index is -0.448. The summed E-state index contributed by atoms with van der Waals surface area (Å²) in [6.45, 7) is 1.61. The highest BCUT2D eigenvalue weighted by Gasteiger charge is 2.14. The molecule has 5 nitrogen and oxygen atoms in total. The summed E-state index contributed by atoms with van der Waals surface area (Å²) in [6, 6.07) is 6.20. The summed E-state index contributed by atoms with van der Waals surface area (Å²) in [5, 5.41) is 23.1. The molecule has 0 fully saturated rings. The van der Waals surface area contributed by atoms with Crippen LogP contribution in [0, 0.1) is 22.2 Å². The van der Waals surface area contributed by atoms with Crippen LogP contribution in [-0.4, -0.2) is 4.92 Å². The molecule has 0 atom stereocenters. The van der Waals surface area contributed by atoms with Crippen molar-refractivity contribution < 1.29 is 9.65 Å². The molecule has 0 amide bonds.